The summed E-state index contributed by atoms with van der Waals surface area (Å²) in [7, 11) is 0. The van der Waals surface area contributed by atoms with Gasteiger partial charge < -0.3 is 0 Å². The Kier molecular flexibility index (Phi) is 6.66. The zero-order chi connectivity index (χ0) is 25.4. The Morgan fingerprint density at radius 1 is 0.400 bits per heavy atom. The van der Waals surface area contributed by atoms with Crippen LogP contribution >= 0.6 is 0 Å². The molecule has 0 aliphatic carbocycles. The fraction of sp³-hybridized carbons (Fsp3) is 0.290. The maximum atomic E-state index is 4.72. The van der Waals surface area contributed by atoms with Crippen molar-refractivity contribution in [3.05, 3.63) is 92.5 Å². The van der Waals surface area contributed by atoms with E-state index in [1.807, 2.05) is 6.07 Å². The van der Waals surface area contributed by atoms with Crippen LogP contribution < -0.4 is 0 Å². The molecule has 0 aromatic heterocycles. The Morgan fingerprint density at radius 3 is 1.74 bits per heavy atom. The second kappa shape index (κ2) is 9.53. The highest BCUT2D eigenvalue weighted by Gasteiger charge is 2.13. The van der Waals surface area contributed by atoms with E-state index in [9.17, 15) is 0 Å². The minimum atomic E-state index is 0.870. The van der Waals surface area contributed by atoms with E-state index in [1.165, 1.54) is 33.2 Å². The molecular formula is C31H34N4. The summed E-state index contributed by atoms with van der Waals surface area (Å²) in [4.78, 5) is 0. The van der Waals surface area contributed by atoms with Crippen LogP contribution in [0.5, 0.6) is 0 Å². The van der Waals surface area contributed by atoms with Gasteiger partial charge in [0.25, 0.3) is 0 Å². The maximum absolute atomic E-state index is 4.72. The van der Waals surface area contributed by atoms with Gasteiger partial charge >= 0.3 is 0 Å². The maximum Gasteiger partial charge on any atom is 0.0921 e. The van der Waals surface area contributed by atoms with Gasteiger partial charge in [-0.1, -0.05) is 18.2 Å². The molecule has 0 amide bonds. The highest BCUT2D eigenvalue weighted by Crippen LogP contribution is 2.38. The quantitative estimate of drug-likeness (QED) is 0.271. The summed E-state index contributed by atoms with van der Waals surface area (Å²) in [5.74, 6) is 0. The van der Waals surface area contributed by atoms with Gasteiger partial charge in [-0.25, -0.2) is 0 Å². The first-order valence-corrected chi connectivity index (χ1v) is 12.1. The number of aryl methyl sites for hydroxylation is 7. The van der Waals surface area contributed by atoms with Crippen LogP contribution in [0.25, 0.3) is 10.8 Å². The van der Waals surface area contributed by atoms with Gasteiger partial charge in [-0.2, -0.15) is 15.3 Å². The fourth-order valence-electron chi connectivity index (χ4n) is 4.63. The van der Waals surface area contributed by atoms with Crippen LogP contribution in [-0.2, 0) is 0 Å². The lowest BCUT2D eigenvalue weighted by Gasteiger charge is -2.13. The lowest BCUT2D eigenvalue weighted by molar-refractivity contribution is 1.16. The highest BCUT2D eigenvalue weighted by atomic mass is 15.1. The highest BCUT2D eigenvalue weighted by molar-refractivity contribution is 5.95. The second-order valence-electron chi connectivity index (χ2n) is 9.75. The average Bonchev–Trinajstić information content (AvgIpc) is 2.81. The third-order valence-electron chi connectivity index (χ3n) is 7.31. The van der Waals surface area contributed by atoms with Gasteiger partial charge in [0.1, 0.15) is 0 Å². The van der Waals surface area contributed by atoms with Crippen molar-refractivity contribution in [2.24, 2.45) is 20.5 Å². The number of hydrogen-bond acceptors (Lipinski definition) is 4. The first-order chi connectivity index (χ1) is 16.6. The molecule has 0 N–H and O–H groups in total. The van der Waals surface area contributed by atoms with Gasteiger partial charge in [-0.05, 0) is 147 Å². The predicted molar refractivity (Wildman–Crippen MR) is 148 cm³/mol. The van der Waals surface area contributed by atoms with Crippen molar-refractivity contribution >= 4 is 33.5 Å². The number of nitrogens with zero attached hydrogens (tertiary/aromatic N) is 4. The summed E-state index contributed by atoms with van der Waals surface area (Å²) in [5, 5.41) is 21.0. The summed E-state index contributed by atoms with van der Waals surface area (Å²) < 4.78 is 0. The van der Waals surface area contributed by atoms with E-state index >= 15 is 0 Å². The topological polar surface area (TPSA) is 49.4 Å². The van der Waals surface area contributed by atoms with E-state index in [-0.39, 0.29) is 0 Å². The van der Waals surface area contributed by atoms with Crippen molar-refractivity contribution in [3.8, 4) is 0 Å². The molecule has 0 atom stereocenters. The van der Waals surface area contributed by atoms with E-state index < -0.39 is 0 Å². The van der Waals surface area contributed by atoms with E-state index in [2.05, 4.69) is 114 Å². The van der Waals surface area contributed by atoms with Crippen LogP contribution in [0.3, 0.4) is 0 Å². The zero-order valence-electron chi connectivity index (χ0n) is 22.3. The molecule has 4 aromatic rings. The fourth-order valence-corrected chi connectivity index (χ4v) is 4.63. The molecule has 0 aliphatic rings. The molecule has 0 bridgehead atoms. The number of fused-ring (bicyclic) bond motifs is 1. The van der Waals surface area contributed by atoms with E-state index in [0.29, 0.717) is 0 Å². The third-order valence-corrected chi connectivity index (χ3v) is 7.31. The third kappa shape index (κ3) is 4.66. The molecule has 178 valence electrons. The van der Waals surface area contributed by atoms with Crippen molar-refractivity contribution in [3.63, 3.8) is 0 Å². The van der Waals surface area contributed by atoms with E-state index in [0.717, 1.165) is 50.4 Å². The van der Waals surface area contributed by atoms with E-state index in [1.54, 1.807) is 0 Å². The number of azo groups is 2. The normalized spacial score (nSPS) is 11.9. The molecule has 0 fully saturated rings. The van der Waals surface area contributed by atoms with E-state index in [4.69, 9.17) is 5.11 Å². The molecular weight excluding hydrogens is 428 g/mol. The predicted octanol–water partition coefficient (Wildman–Crippen LogP) is 10.4. The van der Waals surface area contributed by atoms with Gasteiger partial charge in [-0.15, -0.1) is 5.11 Å². The largest absolute Gasteiger partial charge is 0.150 e. The molecule has 4 aromatic carbocycles. The Hall–Kier alpha value is -3.66. The Labute approximate surface area is 208 Å². The Bertz CT molecular complexity index is 1520. The Morgan fingerprint density at radius 2 is 1.00 bits per heavy atom. The monoisotopic (exact) mass is 462 g/mol. The van der Waals surface area contributed by atoms with Crippen molar-refractivity contribution in [1.29, 1.82) is 0 Å². The summed E-state index contributed by atoms with van der Waals surface area (Å²) >= 11 is 0. The molecule has 0 heterocycles. The lowest BCUT2D eigenvalue weighted by Crippen LogP contribution is -1.89. The summed E-state index contributed by atoms with van der Waals surface area (Å²) in [5.41, 5.74) is 14.3. The molecule has 0 radical (unpaired) electrons. The van der Waals surface area contributed by atoms with Crippen molar-refractivity contribution in [2.75, 3.05) is 0 Å². The van der Waals surface area contributed by atoms with Gasteiger partial charge in [0.2, 0.25) is 0 Å². The second-order valence-corrected chi connectivity index (χ2v) is 9.75. The first-order valence-electron chi connectivity index (χ1n) is 12.1. The molecule has 0 spiro atoms. The van der Waals surface area contributed by atoms with Crippen LogP contribution in [0.1, 0.15) is 50.1 Å². The van der Waals surface area contributed by atoms with Crippen molar-refractivity contribution in [1.82, 2.24) is 0 Å². The SMILES string of the molecule is Cc1cc(C)c(N=Nc2ccc3cc(C)c(N=Nc4ccc(C)c(C)c4C)c(C)c3c2C)cc1C. The van der Waals surface area contributed by atoms with Crippen molar-refractivity contribution in [2.45, 2.75) is 62.3 Å². The molecule has 4 rings (SSSR count). The minimum Gasteiger partial charge on any atom is -0.150 e. The number of benzene rings is 4. The van der Waals surface area contributed by atoms with Crippen LogP contribution in [0.2, 0.25) is 0 Å². The van der Waals surface area contributed by atoms with Gasteiger partial charge in [-0.3, -0.25) is 0 Å². The van der Waals surface area contributed by atoms with Gasteiger partial charge in [0.15, 0.2) is 0 Å². The number of rotatable bonds is 4. The van der Waals surface area contributed by atoms with Gasteiger partial charge in [0.05, 0.1) is 22.7 Å². The standard InChI is InChI=1S/C31H34N4/c1-17-10-12-27(23(7)22(17)6)33-35-31-21(5)15-26-11-13-28(24(8)30(26)25(31)9)32-34-29-16-19(3)18(2)14-20(29)4/h10-16H,1-9H3. The van der Waals surface area contributed by atoms with Crippen LogP contribution in [0.4, 0.5) is 22.7 Å². The average molecular weight is 463 g/mol. The molecule has 0 saturated carbocycles. The molecule has 4 nitrogen and oxygen atoms in total. The summed E-state index contributed by atoms with van der Waals surface area (Å²) in [6, 6.07) is 14.8. The first kappa shape index (κ1) is 24.5. The summed E-state index contributed by atoms with van der Waals surface area (Å²) in [6.07, 6.45) is 0. The molecule has 0 saturated heterocycles. The lowest BCUT2D eigenvalue weighted by atomic mass is 9.95. The Balaban J connectivity index is 1.78. The van der Waals surface area contributed by atoms with Crippen molar-refractivity contribution < 1.29 is 0 Å². The van der Waals surface area contributed by atoms with Crippen LogP contribution in [-0.4, -0.2) is 0 Å². The number of hydrogen-bond donors (Lipinski definition) is 0. The minimum absolute atomic E-state index is 0.870. The summed E-state index contributed by atoms with van der Waals surface area (Å²) in [6.45, 7) is 19.0. The zero-order valence-corrected chi connectivity index (χ0v) is 22.3. The molecule has 4 heteroatoms. The van der Waals surface area contributed by atoms with Crippen LogP contribution in [0, 0.1) is 62.3 Å². The smallest absolute Gasteiger partial charge is 0.0921 e. The van der Waals surface area contributed by atoms with Crippen LogP contribution in [0.15, 0.2) is 62.9 Å². The molecule has 0 aliphatic heterocycles. The van der Waals surface area contributed by atoms with Gasteiger partial charge in [0, 0.05) is 0 Å². The molecule has 0 unspecified atom stereocenters. The molecule has 35 heavy (non-hydrogen) atoms.